The molecule has 0 spiro atoms. The van der Waals surface area contributed by atoms with Crippen molar-refractivity contribution in [2.75, 3.05) is 22.9 Å². The average Bonchev–Trinajstić information content (AvgIpc) is 2.67. The third-order valence-electron chi connectivity index (χ3n) is 4.01. The number of hydrogen-bond donors (Lipinski definition) is 3. The summed E-state index contributed by atoms with van der Waals surface area (Å²) in [4.78, 5) is 24.5. The predicted molar refractivity (Wildman–Crippen MR) is 121 cm³/mol. The zero-order chi connectivity index (χ0) is 19.6. The molecule has 1 atom stereocenters. The highest BCUT2D eigenvalue weighted by Crippen LogP contribution is 2.18. The van der Waals surface area contributed by atoms with Crippen LogP contribution < -0.4 is 16.0 Å². The number of nitrogens with one attached hydrogen (secondary N) is 3. The van der Waals surface area contributed by atoms with Crippen molar-refractivity contribution in [1.82, 2.24) is 5.32 Å². The first kappa shape index (κ1) is 24.0. The minimum atomic E-state index is -0.332. The van der Waals surface area contributed by atoms with E-state index >= 15 is 0 Å². The number of rotatable bonds is 9. The van der Waals surface area contributed by atoms with Gasteiger partial charge in [-0.3, -0.25) is 9.59 Å². The number of aryl methyl sites for hydroxylation is 1. The van der Waals surface area contributed by atoms with Gasteiger partial charge >= 0.3 is 0 Å². The Bertz CT molecular complexity index is 769. The second-order valence-electron chi connectivity index (χ2n) is 6.29. The number of amides is 2. The van der Waals surface area contributed by atoms with E-state index in [0.717, 1.165) is 29.0 Å². The molecule has 2 amide bonds. The topological polar surface area (TPSA) is 70.2 Å². The molecule has 1 unspecified atom stereocenters. The van der Waals surface area contributed by atoms with Gasteiger partial charge in [-0.15, -0.1) is 24.2 Å². The van der Waals surface area contributed by atoms with E-state index < -0.39 is 0 Å². The fourth-order valence-electron chi connectivity index (χ4n) is 2.40. The van der Waals surface area contributed by atoms with Gasteiger partial charge in [-0.2, -0.15) is 0 Å². The third kappa shape index (κ3) is 7.92. The molecule has 0 aliphatic carbocycles. The number of thioether (sulfide) groups is 1. The minimum Gasteiger partial charge on any atom is -0.325 e. The van der Waals surface area contributed by atoms with Crippen LogP contribution in [0, 0.1) is 6.92 Å². The van der Waals surface area contributed by atoms with Gasteiger partial charge in [0.2, 0.25) is 11.8 Å². The Morgan fingerprint density at radius 2 is 1.71 bits per heavy atom. The fourth-order valence-corrected chi connectivity index (χ4v) is 3.08. The maximum absolute atomic E-state index is 12.5. The van der Waals surface area contributed by atoms with Gasteiger partial charge in [-0.25, -0.2) is 0 Å². The van der Waals surface area contributed by atoms with Gasteiger partial charge in [0.15, 0.2) is 0 Å². The summed E-state index contributed by atoms with van der Waals surface area (Å²) in [5.74, 6) is 0.00439. The van der Waals surface area contributed by atoms with Gasteiger partial charge in [-0.1, -0.05) is 42.8 Å². The summed E-state index contributed by atoms with van der Waals surface area (Å²) < 4.78 is 0. The lowest BCUT2D eigenvalue weighted by Gasteiger charge is -2.15. The molecule has 0 fully saturated rings. The molecule has 0 aromatic heterocycles. The molecular formula is C21H28ClN3O2S. The van der Waals surface area contributed by atoms with Crippen LogP contribution in [0.25, 0.3) is 0 Å². The zero-order valence-corrected chi connectivity index (χ0v) is 18.1. The number of para-hydroxylation sites is 1. The normalized spacial score (nSPS) is 11.2. The highest BCUT2D eigenvalue weighted by atomic mass is 35.5. The number of anilines is 2. The van der Waals surface area contributed by atoms with E-state index in [1.54, 1.807) is 0 Å². The number of carbonyl (C=O) groups excluding carboxylic acids is 2. The standard InChI is InChI=1S/C21H27N3O2S.ClH/c1-4-22-13-17-7-5-6-8-19(17)24-21(26)16(3)27-14-20(25)23-18-11-9-15(2)10-12-18;/h5-12,16,22H,4,13-14H2,1-3H3,(H,23,25)(H,24,26);1H. The Balaban J connectivity index is 0.00000392. The summed E-state index contributed by atoms with van der Waals surface area (Å²) in [5.41, 5.74) is 3.75. The lowest BCUT2D eigenvalue weighted by Crippen LogP contribution is -2.26. The van der Waals surface area contributed by atoms with E-state index in [-0.39, 0.29) is 35.2 Å². The van der Waals surface area contributed by atoms with Crippen molar-refractivity contribution in [2.45, 2.75) is 32.6 Å². The Hall–Kier alpha value is -2.02. The molecular weight excluding hydrogens is 394 g/mol. The van der Waals surface area contributed by atoms with E-state index in [0.29, 0.717) is 6.54 Å². The van der Waals surface area contributed by atoms with Crippen LogP contribution in [-0.4, -0.2) is 29.4 Å². The molecule has 0 aliphatic rings. The largest absolute Gasteiger partial charge is 0.325 e. The van der Waals surface area contributed by atoms with Gasteiger partial charge in [0, 0.05) is 17.9 Å². The summed E-state index contributed by atoms with van der Waals surface area (Å²) >= 11 is 1.32. The molecule has 2 aromatic carbocycles. The zero-order valence-electron chi connectivity index (χ0n) is 16.5. The first-order valence-electron chi connectivity index (χ1n) is 9.07. The summed E-state index contributed by atoms with van der Waals surface area (Å²) in [5, 5.41) is 8.75. The molecule has 0 bridgehead atoms. The predicted octanol–water partition coefficient (Wildman–Crippen LogP) is 4.23. The number of halogens is 1. The Morgan fingerprint density at radius 3 is 2.39 bits per heavy atom. The van der Waals surface area contributed by atoms with E-state index in [2.05, 4.69) is 16.0 Å². The summed E-state index contributed by atoms with van der Waals surface area (Å²) in [6, 6.07) is 15.4. The molecule has 0 radical (unpaired) electrons. The van der Waals surface area contributed by atoms with Crippen LogP contribution in [-0.2, 0) is 16.1 Å². The second kappa shape index (κ2) is 12.4. The van der Waals surface area contributed by atoms with Crippen molar-refractivity contribution in [3.63, 3.8) is 0 Å². The monoisotopic (exact) mass is 421 g/mol. The smallest absolute Gasteiger partial charge is 0.237 e. The van der Waals surface area contributed by atoms with Crippen molar-refractivity contribution in [3.05, 3.63) is 59.7 Å². The van der Waals surface area contributed by atoms with E-state index in [9.17, 15) is 9.59 Å². The number of benzene rings is 2. The van der Waals surface area contributed by atoms with Crippen molar-refractivity contribution in [2.24, 2.45) is 0 Å². The Labute approximate surface area is 177 Å². The quantitative estimate of drug-likeness (QED) is 0.566. The van der Waals surface area contributed by atoms with Crippen LogP contribution in [0.3, 0.4) is 0 Å². The first-order chi connectivity index (χ1) is 13.0. The summed E-state index contributed by atoms with van der Waals surface area (Å²) in [6.45, 7) is 7.42. The summed E-state index contributed by atoms with van der Waals surface area (Å²) in [7, 11) is 0. The molecule has 28 heavy (non-hydrogen) atoms. The second-order valence-corrected chi connectivity index (χ2v) is 7.62. The molecule has 2 rings (SSSR count). The fraction of sp³-hybridized carbons (Fsp3) is 0.333. The average molecular weight is 422 g/mol. The van der Waals surface area contributed by atoms with Crippen LogP contribution in [0.2, 0.25) is 0 Å². The van der Waals surface area contributed by atoms with Crippen LogP contribution in [0.4, 0.5) is 11.4 Å². The van der Waals surface area contributed by atoms with Gasteiger partial charge in [-0.05, 0) is 44.2 Å². The molecule has 3 N–H and O–H groups in total. The van der Waals surface area contributed by atoms with Crippen LogP contribution in [0.15, 0.2) is 48.5 Å². The molecule has 0 saturated carbocycles. The third-order valence-corrected chi connectivity index (χ3v) is 5.15. The lowest BCUT2D eigenvalue weighted by molar-refractivity contribution is -0.115. The number of carbonyl (C=O) groups is 2. The van der Waals surface area contributed by atoms with Crippen molar-refractivity contribution in [3.8, 4) is 0 Å². The molecule has 5 nitrogen and oxygen atoms in total. The number of hydrogen-bond acceptors (Lipinski definition) is 4. The van der Waals surface area contributed by atoms with Crippen molar-refractivity contribution >= 4 is 47.4 Å². The molecule has 0 aliphatic heterocycles. The SMILES string of the molecule is CCNCc1ccccc1NC(=O)C(C)SCC(=O)Nc1ccc(C)cc1.Cl. The Kier molecular flexibility index (Phi) is 10.7. The molecule has 0 heterocycles. The van der Waals surface area contributed by atoms with E-state index in [4.69, 9.17) is 0 Å². The molecule has 2 aromatic rings. The Morgan fingerprint density at radius 1 is 1.04 bits per heavy atom. The van der Waals surface area contributed by atoms with E-state index in [1.165, 1.54) is 11.8 Å². The highest BCUT2D eigenvalue weighted by Gasteiger charge is 2.16. The maximum Gasteiger partial charge on any atom is 0.237 e. The molecule has 152 valence electrons. The van der Waals surface area contributed by atoms with Crippen LogP contribution in [0.5, 0.6) is 0 Å². The van der Waals surface area contributed by atoms with E-state index in [1.807, 2.05) is 69.3 Å². The van der Waals surface area contributed by atoms with Crippen LogP contribution in [0.1, 0.15) is 25.0 Å². The highest BCUT2D eigenvalue weighted by molar-refractivity contribution is 8.01. The van der Waals surface area contributed by atoms with Gasteiger partial charge < -0.3 is 16.0 Å². The maximum atomic E-state index is 12.5. The van der Waals surface area contributed by atoms with Gasteiger partial charge in [0.25, 0.3) is 0 Å². The molecule has 7 heteroatoms. The first-order valence-corrected chi connectivity index (χ1v) is 10.1. The van der Waals surface area contributed by atoms with Gasteiger partial charge in [0.1, 0.15) is 0 Å². The lowest BCUT2D eigenvalue weighted by atomic mass is 10.1. The van der Waals surface area contributed by atoms with Gasteiger partial charge in [0.05, 0.1) is 11.0 Å². The van der Waals surface area contributed by atoms with Crippen molar-refractivity contribution < 1.29 is 9.59 Å². The molecule has 0 saturated heterocycles. The van der Waals surface area contributed by atoms with Crippen molar-refractivity contribution in [1.29, 1.82) is 0 Å². The minimum absolute atomic E-state index is 0. The van der Waals surface area contributed by atoms with Crippen LogP contribution >= 0.6 is 24.2 Å². The summed E-state index contributed by atoms with van der Waals surface area (Å²) in [6.07, 6.45) is 0.